The summed E-state index contributed by atoms with van der Waals surface area (Å²) in [5.41, 5.74) is 1.80. The zero-order valence-corrected chi connectivity index (χ0v) is 10.9. The molecule has 94 valence electrons. The molecule has 0 bridgehead atoms. The number of nitrogens with one attached hydrogen (secondary N) is 1. The molecule has 1 N–H and O–H groups in total. The van der Waals surface area contributed by atoms with Crippen LogP contribution in [0.1, 0.15) is 24.0 Å². The minimum absolute atomic E-state index is 0.151. The van der Waals surface area contributed by atoms with Gasteiger partial charge in [-0.2, -0.15) is 0 Å². The van der Waals surface area contributed by atoms with Crippen LogP contribution in [0.3, 0.4) is 0 Å². The van der Waals surface area contributed by atoms with Gasteiger partial charge in [0, 0.05) is 34.9 Å². The first-order chi connectivity index (χ1) is 8.15. The van der Waals surface area contributed by atoms with Gasteiger partial charge < -0.3 is 5.32 Å². The molecule has 0 unspecified atom stereocenters. The molecule has 1 saturated heterocycles. The first kappa shape index (κ1) is 12.7. The zero-order valence-electron chi connectivity index (χ0n) is 10.0. The van der Waals surface area contributed by atoms with E-state index in [1.165, 1.54) is 6.07 Å². The van der Waals surface area contributed by atoms with Gasteiger partial charge in [0.1, 0.15) is 5.82 Å². The molecular weight excluding hydrogens is 237 g/mol. The molecule has 0 aliphatic carbocycles. The highest BCUT2D eigenvalue weighted by atomic mass is 32.2. The van der Waals surface area contributed by atoms with E-state index in [1.807, 2.05) is 12.1 Å². The molecule has 2 nitrogen and oxygen atoms in total. The van der Waals surface area contributed by atoms with Crippen molar-refractivity contribution in [2.24, 2.45) is 0 Å². The molecule has 0 aromatic heterocycles. The van der Waals surface area contributed by atoms with Gasteiger partial charge in [0.15, 0.2) is 0 Å². The van der Waals surface area contributed by atoms with Crippen molar-refractivity contribution in [3.8, 4) is 0 Å². The number of aryl methyl sites for hydroxylation is 1. The van der Waals surface area contributed by atoms with E-state index in [1.54, 1.807) is 6.92 Å². The Kier molecular flexibility index (Phi) is 4.29. The van der Waals surface area contributed by atoms with Crippen LogP contribution in [0, 0.1) is 12.7 Å². The lowest BCUT2D eigenvalue weighted by atomic mass is 10.1. The van der Waals surface area contributed by atoms with Crippen molar-refractivity contribution in [3.63, 3.8) is 0 Å². The summed E-state index contributed by atoms with van der Waals surface area (Å²) in [6.45, 7) is 2.54. The van der Waals surface area contributed by atoms with Crippen LogP contribution in [-0.2, 0) is 17.3 Å². The predicted molar refractivity (Wildman–Crippen MR) is 68.9 cm³/mol. The molecule has 0 atom stereocenters. The summed E-state index contributed by atoms with van der Waals surface area (Å²) >= 11 is 0. The Labute approximate surface area is 104 Å². The summed E-state index contributed by atoms with van der Waals surface area (Å²) in [4.78, 5) is 0. The van der Waals surface area contributed by atoms with Crippen molar-refractivity contribution in [1.29, 1.82) is 0 Å². The van der Waals surface area contributed by atoms with Crippen molar-refractivity contribution >= 4 is 10.8 Å². The fourth-order valence-electron chi connectivity index (χ4n) is 2.08. The van der Waals surface area contributed by atoms with Crippen LogP contribution in [0.5, 0.6) is 0 Å². The summed E-state index contributed by atoms with van der Waals surface area (Å²) in [6.07, 6.45) is 1.96. The van der Waals surface area contributed by atoms with E-state index < -0.39 is 10.8 Å². The molecule has 2 rings (SSSR count). The molecule has 1 fully saturated rings. The Morgan fingerprint density at radius 1 is 1.41 bits per heavy atom. The second-order valence-electron chi connectivity index (χ2n) is 4.59. The van der Waals surface area contributed by atoms with Crippen LogP contribution in [-0.4, -0.2) is 21.8 Å². The summed E-state index contributed by atoms with van der Waals surface area (Å²) in [6, 6.07) is 5.67. The van der Waals surface area contributed by atoms with Gasteiger partial charge >= 0.3 is 0 Å². The topological polar surface area (TPSA) is 29.1 Å². The summed E-state index contributed by atoms with van der Waals surface area (Å²) in [5.74, 6) is 1.46. The van der Waals surface area contributed by atoms with Gasteiger partial charge in [-0.05, 0) is 37.0 Å². The van der Waals surface area contributed by atoms with Crippen molar-refractivity contribution in [3.05, 3.63) is 35.1 Å². The molecule has 4 heteroatoms. The van der Waals surface area contributed by atoms with Crippen molar-refractivity contribution in [2.45, 2.75) is 32.4 Å². The monoisotopic (exact) mass is 255 g/mol. The molecule has 1 heterocycles. The van der Waals surface area contributed by atoms with Gasteiger partial charge in [0.25, 0.3) is 0 Å². The van der Waals surface area contributed by atoms with Gasteiger partial charge in [0.2, 0.25) is 0 Å². The lowest BCUT2D eigenvalue weighted by molar-refractivity contribution is 0.475. The third-order valence-electron chi connectivity index (χ3n) is 3.21. The summed E-state index contributed by atoms with van der Waals surface area (Å²) in [7, 11) is -0.605. The number of hydrogen-bond donors (Lipinski definition) is 1. The van der Waals surface area contributed by atoms with Crippen LogP contribution in [0.25, 0.3) is 0 Å². The third kappa shape index (κ3) is 3.61. The minimum Gasteiger partial charge on any atom is -0.310 e. The molecule has 17 heavy (non-hydrogen) atoms. The maximum atomic E-state index is 13.1. The van der Waals surface area contributed by atoms with Crippen LogP contribution in [0.15, 0.2) is 18.2 Å². The van der Waals surface area contributed by atoms with Gasteiger partial charge in [-0.3, -0.25) is 4.21 Å². The Bertz CT molecular complexity index is 412. The Balaban J connectivity index is 1.85. The van der Waals surface area contributed by atoms with Crippen molar-refractivity contribution < 1.29 is 8.60 Å². The van der Waals surface area contributed by atoms with E-state index in [9.17, 15) is 8.60 Å². The molecule has 0 saturated carbocycles. The predicted octanol–water partition coefficient (Wildman–Crippen LogP) is 2.13. The van der Waals surface area contributed by atoms with E-state index in [0.29, 0.717) is 11.6 Å². The lowest BCUT2D eigenvalue weighted by Crippen LogP contribution is -2.35. The standard InChI is InChI=1S/C13H18FNOS/c1-10-8-11(2-3-13(10)14)9-15-12-4-6-17(16)7-5-12/h2-3,8,12,15H,4-7,9H2,1H3. The molecular formula is C13H18FNOS. The van der Waals surface area contributed by atoms with Crippen LogP contribution < -0.4 is 5.32 Å². The van der Waals surface area contributed by atoms with E-state index >= 15 is 0 Å². The average molecular weight is 255 g/mol. The first-order valence-electron chi connectivity index (χ1n) is 5.98. The van der Waals surface area contributed by atoms with E-state index in [4.69, 9.17) is 0 Å². The number of rotatable bonds is 3. The fourth-order valence-corrected chi connectivity index (χ4v) is 3.38. The Hall–Kier alpha value is -0.740. The van der Waals surface area contributed by atoms with Gasteiger partial charge in [-0.25, -0.2) is 4.39 Å². The first-order valence-corrected chi connectivity index (χ1v) is 7.47. The zero-order chi connectivity index (χ0) is 12.3. The normalized spacial score (nSPS) is 24.8. The maximum Gasteiger partial charge on any atom is 0.126 e. The quantitative estimate of drug-likeness (QED) is 0.896. The van der Waals surface area contributed by atoms with E-state index in [0.717, 1.165) is 36.5 Å². The molecule has 0 amide bonds. The van der Waals surface area contributed by atoms with Gasteiger partial charge in [-0.1, -0.05) is 12.1 Å². The van der Waals surface area contributed by atoms with E-state index in [-0.39, 0.29) is 5.82 Å². The molecule has 1 aromatic carbocycles. The van der Waals surface area contributed by atoms with Crippen LogP contribution in [0.4, 0.5) is 4.39 Å². The average Bonchev–Trinajstić information content (AvgIpc) is 2.33. The lowest BCUT2D eigenvalue weighted by Gasteiger charge is -2.22. The second-order valence-corrected chi connectivity index (χ2v) is 6.28. The van der Waals surface area contributed by atoms with E-state index in [2.05, 4.69) is 5.32 Å². The molecule has 0 radical (unpaired) electrons. The van der Waals surface area contributed by atoms with Crippen LogP contribution >= 0.6 is 0 Å². The highest BCUT2D eigenvalue weighted by Crippen LogP contribution is 2.12. The minimum atomic E-state index is -0.605. The van der Waals surface area contributed by atoms with Gasteiger partial charge in [0.05, 0.1) is 0 Å². The molecule has 1 aromatic rings. The highest BCUT2D eigenvalue weighted by Gasteiger charge is 2.16. The SMILES string of the molecule is Cc1cc(CNC2CCS(=O)CC2)ccc1F. The molecule has 0 spiro atoms. The third-order valence-corrected chi connectivity index (χ3v) is 4.59. The van der Waals surface area contributed by atoms with Crippen LogP contribution in [0.2, 0.25) is 0 Å². The van der Waals surface area contributed by atoms with Gasteiger partial charge in [-0.15, -0.1) is 0 Å². The summed E-state index contributed by atoms with van der Waals surface area (Å²) < 4.78 is 24.3. The molecule has 1 aliphatic rings. The highest BCUT2D eigenvalue weighted by molar-refractivity contribution is 7.85. The number of hydrogen-bond acceptors (Lipinski definition) is 2. The number of halogens is 1. The smallest absolute Gasteiger partial charge is 0.126 e. The largest absolute Gasteiger partial charge is 0.310 e. The second kappa shape index (κ2) is 5.74. The fraction of sp³-hybridized carbons (Fsp3) is 0.538. The Morgan fingerprint density at radius 3 is 2.76 bits per heavy atom. The van der Waals surface area contributed by atoms with Crippen molar-refractivity contribution in [1.82, 2.24) is 5.32 Å². The maximum absolute atomic E-state index is 13.1. The van der Waals surface area contributed by atoms with Crippen molar-refractivity contribution in [2.75, 3.05) is 11.5 Å². The molecule has 1 aliphatic heterocycles. The summed E-state index contributed by atoms with van der Waals surface area (Å²) in [5, 5.41) is 3.45. The number of benzene rings is 1. The Morgan fingerprint density at radius 2 is 2.12 bits per heavy atom.